The summed E-state index contributed by atoms with van der Waals surface area (Å²) >= 11 is 0. The summed E-state index contributed by atoms with van der Waals surface area (Å²) in [7, 11) is 0. The first-order valence-corrected chi connectivity index (χ1v) is 8.00. The summed E-state index contributed by atoms with van der Waals surface area (Å²) in [6, 6.07) is 11.4. The molecule has 0 radical (unpaired) electrons. The first kappa shape index (κ1) is 16.1. The summed E-state index contributed by atoms with van der Waals surface area (Å²) in [6.07, 6.45) is 0. The second-order valence-electron chi connectivity index (χ2n) is 6.52. The van der Waals surface area contributed by atoms with Gasteiger partial charge in [-0.2, -0.15) is 0 Å². The Morgan fingerprint density at radius 1 is 1.00 bits per heavy atom. The average molecular weight is 353 g/mol. The number of fused-ring (bicyclic) bond motifs is 2. The highest BCUT2D eigenvalue weighted by Gasteiger charge is 2.42. The number of nitrogens with zero attached hydrogens (tertiary/aromatic N) is 1. The molecule has 26 heavy (non-hydrogen) atoms. The Balaban J connectivity index is 1.58. The Labute approximate surface area is 149 Å². The third-order valence-electron chi connectivity index (χ3n) is 4.54. The van der Waals surface area contributed by atoms with E-state index in [0.717, 1.165) is 0 Å². The molecule has 2 aromatic carbocycles. The number of ether oxygens (including phenoxy) is 2. The van der Waals surface area contributed by atoms with Gasteiger partial charge in [-0.3, -0.25) is 9.59 Å². The van der Waals surface area contributed by atoms with Crippen molar-refractivity contribution in [3.63, 3.8) is 0 Å². The molecule has 2 heterocycles. The number of amides is 2. The minimum atomic E-state index is -1.11. The highest BCUT2D eigenvalue weighted by molar-refractivity contribution is 6.21. The quantitative estimate of drug-likeness (QED) is 0.789. The van der Waals surface area contributed by atoms with Crippen molar-refractivity contribution in [3.05, 3.63) is 59.2 Å². The van der Waals surface area contributed by atoms with Crippen molar-refractivity contribution < 1.29 is 28.7 Å². The normalized spacial score (nSPS) is 15.2. The molecule has 0 N–H and O–H groups in total. The highest BCUT2D eigenvalue weighted by Crippen LogP contribution is 2.37. The molecule has 132 valence electrons. The molecule has 2 aromatic rings. The number of carbonyl (C=O) groups excluding carboxylic acids is 3. The van der Waals surface area contributed by atoms with Gasteiger partial charge in [-0.05, 0) is 43.7 Å². The molecule has 7 nitrogen and oxygen atoms in total. The van der Waals surface area contributed by atoms with Gasteiger partial charge in [0.1, 0.15) is 0 Å². The van der Waals surface area contributed by atoms with Crippen LogP contribution in [0.4, 0.5) is 0 Å². The fraction of sp³-hybridized carbons (Fsp3) is 0.211. The van der Waals surface area contributed by atoms with E-state index in [4.69, 9.17) is 14.3 Å². The second-order valence-corrected chi connectivity index (χ2v) is 6.52. The molecule has 4 rings (SSSR count). The van der Waals surface area contributed by atoms with E-state index in [2.05, 4.69) is 0 Å². The van der Waals surface area contributed by atoms with Crippen LogP contribution in [-0.4, -0.2) is 29.6 Å². The third-order valence-corrected chi connectivity index (χ3v) is 4.54. The van der Waals surface area contributed by atoms with Gasteiger partial charge < -0.3 is 14.3 Å². The van der Waals surface area contributed by atoms with Crippen LogP contribution in [0.2, 0.25) is 0 Å². The first-order valence-electron chi connectivity index (χ1n) is 8.00. The largest absolute Gasteiger partial charge is 0.454 e. The van der Waals surface area contributed by atoms with Crippen LogP contribution in [-0.2, 0) is 15.0 Å². The standard InChI is InChI=1S/C19H15NO6/c1-19(2,11-7-8-14-15(9-11)25-10-24-14)18(23)26-20-16(21)12-5-3-4-6-13(12)17(20)22/h3-9H,10H2,1-2H3. The van der Waals surface area contributed by atoms with Crippen LogP contribution in [0.5, 0.6) is 11.5 Å². The lowest BCUT2D eigenvalue weighted by Gasteiger charge is -2.25. The molecule has 0 aromatic heterocycles. The van der Waals surface area contributed by atoms with E-state index < -0.39 is 23.2 Å². The molecule has 7 heteroatoms. The fourth-order valence-corrected chi connectivity index (χ4v) is 2.85. The molecule has 0 saturated heterocycles. The van der Waals surface area contributed by atoms with E-state index in [0.29, 0.717) is 22.1 Å². The third kappa shape index (κ3) is 2.32. The summed E-state index contributed by atoms with van der Waals surface area (Å²) in [5.41, 5.74) is -0.0724. The van der Waals surface area contributed by atoms with Crippen LogP contribution in [0.1, 0.15) is 40.1 Å². The Morgan fingerprint density at radius 3 is 2.27 bits per heavy atom. The van der Waals surface area contributed by atoms with E-state index in [1.54, 1.807) is 44.2 Å². The summed E-state index contributed by atoms with van der Waals surface area (Å²) in [5.74, 6) is -0.908. The van der Waals surface area contributed by atoms with Gasteiger partial charge in [-0.15, -0.1) is 0 Å². The van der Waals surface area contributed by atoms with Crippen molar-refractivity contribution in [2.45, 2.75) is 19.3 Å². The molecule has 0 fully saturated rings. The zero-order valence-corrected chi connectivity index (χ0v) is 14.1. The van der Waals surface area contributed by atoms with Gasteiger partial charge in [-0.1, -0.05) is 23.3 Å². The maximum absolute atomic E-state index is 12.7. The zero-order chi connectivity index (χ0) is 18.5. The van der Waals surface area contributed by atoms with Gasteiger partial charge >= 0.3 is 5.97 Å². The van der Waals surface area contributed by atoms with Crippen molar-refractivity contribution in [1.82, 2.24) is 5.06 Å². The van der Waals surface area contributed by atoms with Gasteiger partial charge in [0.25, 0.3) is 11.8 Å². The van der Waals surface area contributed by atoms with Gasteiger partial charge in [0.2, 0.25) is 6.79 Å². The van der Waals surface area contributed by atoms with Crippen LogP contribution >= 0.6 is 0 Å². The molecular formula is C19H15NO6. The van der Waals surface area contributed by atoms with E-state index in [1.807, 2.05) is 0 Å². The lowest BCUT2D eigenvalue weighted by Crippen LogP contribution is -2.40. The molecule has 0 spiro atoms. The average Bonchev–Trinajstić information content (AvgIpc) is 3.20. The molecule has 2 amide bonds. The predicted octanol–water partition coefficient (Wildman–Crippen LogP) is 2.45. The summed E-state index contributed by atoms with van der Waals surface area (Å²) < 4.78 is 10.6. The van der Waals surface area contributed by atoms with Crippen LogP contribution in [0.3, 0.4) is 0 Å². The maximum Gasteiger partial charge on any atom is 0.343 e. The van der Waals surface area contributed by atoms with Gasteiger partial charge in [-0.25, -0.2) is 4.79 Å². The van der Waals surface area contributed by atoms with Crippen molar-refractivity contribution >= 4 is 17.8 Å². The van der Waals surface area contributed by atoms with E-state index in [-0.39, 0.29) is 17.9 Å². The van der Waals surface area contributed by atoms with E-state index >= 15 is 0 Å². The SMILES string of the molecule is CC(C)(C(=O)ON1C(=O)c2ccccc2C1=O)c1ccc2c(c1)OCO2. The summed E-state index contributed by atoms with van der Waals surface area (Å²) in [6.45, 7) is 3.41. The number of imide groups is 1. The monoisotopic (exact) mass is 353 g/mol. The Kier molecular flexibility index (Phi) is 3.47. The number of hydrogen-bond donors (Lipinski definition) is 0. The summed E-state index contributed by atoms with van der Waals surface area (Å²) in [5, 5.41) is 0.516. The van der Waals surface area contributed by atoms with Crippen molar-refractivity contribution in [3.8, 4) is 11.5 Å². The molecule has 0 aliphatic carbocycles. The van der Waals surface area contributed by atoms with Crippen molar-refractivity contribution in [1.29, 1.82) is 0 Å². The number of rotatable bonds is 3. The molecule has 2 aliphatic heterocycles. The van der Waals surface area contributed by atoms with Crippen molar-refractivity contribution in [2.24, 2.45) is 0 Å². The Morgan fingerprint density at radius 2 is 1.62 bits per heavy atom. The maximum atomic E-state index is 12.7. The molecule has 2 aliphatic rings. The fourth-order valence-electron chi connectivity index (χ4n) is 2.85. The van der Waals surface area contributed by atoms with Crippen LogP contribution in [0.25, 0.3) is 0 Å². The zero-order valence-electron chi connectivity index (χ0n) is 14.1. The molecule has 0 unspecified atom stereocenters. The van der Waals surface area contributed by atoms with Crippen molar-refractivity contribution in [2.75, 3.05) is 6.79 Å². The number of hydrogen-bond acceptors (Lipinski definition) is 6. The van der Waals surface area contributed by atoms with Crippen LogP contribution < -0.4 is 9.47 Å². The molecular weight excluding hydrogens is 338 g/mol. The molecule has 0 atom stereocenters. The van der Waals surface area contributed by atoms with Gasteiger partial charge in [0.15, 0.2) is 11.5 Å². The number of hydroxylamine groups is 2. The lowest BCUT2D eigenvalue weighted by atomic mass is 9.84. The molecule has 0 bridgehead atoms. The lowest BCUT2D eigenvalue weighted by molar-refractivity contribution is -0.174. The molecule has 0 saturated carbocycles. The highest BCUT2D eigenvalue weighted by atomic mass is 16.7. The van der Waals surface area contributed by atoms with Gasteiger partial charge in [0, 0.05) is 0 Å². The Hall–Kier alpha value is -3.35. The number of carbonyl (C=O) groups is 3. The first-order chi connectivity index (χ1) is 12.4. The smallest absolute Gasteiger partial charge is 0.343 e. The minimum Gasteiger partial charge on any atom is -0.454 e. The topological polar surface area (TPSA) is 82.1 Å². The summed E-state index contributed by atoms with van der Waals surface area (Å²) in [4.78, 5) is 42.6. The van der Waals surface area contributed by atoms with E-state index in [1.165, 1.54) is 12.1 Å². The van der Waals surface area contributed by atoms with Gasteiger partial charge in [0.05, 0.1) is 16.5 Å². The minimum absolute atomic E-state index is 0.124. The van der Waals surface area contributed by atoms with E-state index in [9.17, 15) is 14.4 Å². The second kappa shape index (κ2) is 5.59. The predicted molar refractivity (Wildman–Crippen MR) is 88.6 cm³/mol. The van der Waals surface area contributed by atoms with Crippen LogP contribution in [0.15, 0.2) is 42.5 Å². The van der Waals surface area contributed by atoms with Crippen LogP contribution in [0, 0.1) is 0 Å². The number of benzene rings is 2. The Bertz CT molecular complexity index is 914.